The van der Waals surface area contributed by atoms with E-state index in [0.717, 1.165) is 40.7 Å². The molecule has 2 heterocycles. The molecule has 1 aliphatic rings. The van der Waals surface area contributed by atoms with Gasteiger partial charge in [-0.2, -0.15) is 13.2 Å². The number of aromatic nitrogens is 1. The van der Waals surface area contributed by atoms with E-state index in [2.05, 4.69) is 11.1 Å². The second kappa shape index (κ2) is 6.41. The molecule has 1 aromatic heterocycles. The minimum absolute atomic E-state index is 0.498. The van der Waals surface area contributed by atoms with Gasteiger partial charge in [-0.1, -0.05) is 29.8 Å². The van der Waals surface area contributed by atoms with Gasteiger partial charge in [0.05, 0.1) is 16.9 Å². The van der Waals surface area contributed by atoms with E-state index in [-0.39, 0.29) is 0 Å². The third kappa shape index (κ3) is 3.29. The minimum Gasteiger partial charge on any atom is -0.308 e. The van der Waals surface area contributed by atoms with E-state index in [9.17, 15) is 13.2 Å². The Morgan fingerprint density at radius 2 is 1.56 bits per heavy atom. The van der Waals surface area contributed by atoms with Gasteiger partial charge in [0, 0.05) is 17.6 Å². The third-order valence-corrected chi connectivity index (χ3v) is 4.92. The van der Waals surface area contributed by atoms with E-state index in [4.69, 9.17) is 0 Å². The number of halogens is 3. The van der Waals surface area contributed by atoms with Gasteiger partial charge in [0.25, 0.3) is 0 Å². The van der Waals surface area contributed by atoms with E-state index < -0.39 is 11.7 Å². The average molecular weight is 368 g/mol. The maximum Gasteiger partial charge on any atom is 0.417 e. The van der Waals surface area contributed by atoms with Crippen LogP contribution in [0.15, 0.2) is 54.7 Å². The Bertz CT molecular complexity index is 991. The minimum atomic E-state index is -4.43. The molecule has 27 heavy (non-hydrogen) atoms. The maximum atomic E-state index is 13.3. The first-order valence-electron chi connectivity index (χ1n) is 8.85. The fourth-order valence-electron chi connectivity index (χ4n) is 3.47. The molecule has 0 saturated heterocycles. The number of alkyl halides is 3. The van der Waals surface area contributed by atoms with Crippen molar-refractivity contribution in [3.63, 3.8) is 0 Å². The first kappa shape index (κ1) is 17.6. The van der Waals surface area contributed by atoms with Gasteiger partial charge < -0.3 is 4.90 Å². The van der Waals surface area contributed by atoms with Crippen molar-refractivity contribution in [2.24, 2.45) is 0 Å². The molecule has 0 unspecified atom stereocenters. The van der Waals surface area contributed by atoms with Crippen LogP contribution in [0.4, 0.5) is 30.2 Å². The van der Waals surface area contributed by atoms with Crippen LogP contribution in [-0.2, 0) is 19.0 Å². The van der Waals surface area contributed by atoms with Crippen LogP contribution in [0.1, 0.15) is 27.9 Å². The van der Waals surface area contributed by atoms with Gasteiger partial charge in [-0.3, -0.25) is 4.98 Å². The SMILES string of the molecule is Cc1ccc(N2c3cc(C)ccc3CCc3ncc(C(F)(F)F)cc32)cc1. The van der Waals surface area contributed by atoms with Crippen molar-refractivity contribution < 1.29 is 13.2 Å². The average Bonchev–Trinajstić information content (AvgIpc) is 2.78. The quantitative estimate of drug-likeness (QED) is 0.502. The Balaban J connectivity index is 1.99. The summed E-state index contributed by atoms with van der Waals surface area (Å²) in [6, 6.07) is 15.2. The lowest BCUT2D eigenvalue weighted by Gasteiger charge is -2.28. The Kier molecular flexibility index (Phi) is 4.17. The lowest BCUT2D eigenvalue weighted by Crippen LogP contribution is -2.15. The van der Waals surface area contributed by atoms with Gasteiger partial charge in [0.1, 0.15) is 0 Å². The number of benzene rings is 2. The molecule has 4 rings (SSSR count). The molecule has 0 atom stereocenters. The standard InChI is InChI=1S/C22H19F3N2/c1-14-4-8-18(9-5-14)27-20-11-15(2)3-6-16(20)7-10-19-21(27)12-17(13-26-19)22(23,24)25/h3-6,8-9,11-13H,7,10H2,1-2H3. The number of rotatable bonds is 1. The fourth-order valence-corrected chi connectivity index (χ4v) is 3.47. The zero-order valence-corrected chi connectivity index (χ0v) is 15.1. The van der Waals surface area contributed by atoms with E-state index in [1.54, 1.807) is 0 Å². The van der Waals surface area contributed by atoms with E-state index >= 15 is 0 Å². The molecule has 0 aliphatic carbocycles. The lowest BCUT2D eigenvalue weighted by atomic mass is 10.0. The summed E-state index contributed by atoms with van der Waals surface area (Å²) >= 11 is 0. The molecule has 138 valence electrons. The van der Waals surface area contributed by atoms with Crippen LogP contribution in [0, 0.1) is 13.8 Å². The molecule has 5 heteroatoms. The number of hydrogen-bond acceptors (Lipinski definition) is 2. The zero-order chi connectivity index (χ0) is 19.2. The molecule has 0 spiro atoms. The summed E-state index contributed by atoms with van der Waals surface area (Å²) < 4.78 is 40.0. The highest BCUT2D eigenvalue weighted by atomic mass is 19.4. The van der Waals surface area contributed by atoms with Crippen LogP contribution in [0.5, 0.6) is 0 Å². The van der Waals surface area contributed by atoms with Gasteiger partial charge in [-0.15, -0.1) is 0 Å². The van der Waals surface area contributed by atoms with Gasteiger partial charge in [-0.25, -0.2) is 0 Å². The number of hydrogen-bond donors (Lipinski definition) is 0. The first-order valence-corrected chi connectivity index (χ1v) is 8.85. The number of nitrogens with zero attached hydrogens (tertiary/aromatic N) is 2. The molecule has 0 N–H and O–H groups in total. The van der Waals surface area contributed by atoms with Crippen molar-refractivity contribution in [2.75, 3.05) is 4.90 Å². The summed E-state index contributed by atoms with van der Waals surface area (Å²) in [6.07, 6.45) is -2.15. The van der Waals surface area contributed by atoms with Crippen LogP contribution in [0.25, 0.3) is 0 Å². The smallest absolute Gasteiger partial charge is 0.308 e. The van der Waals surface area contributed by atoms with Crippen LogP contribution in [-0.4, -0.2) is 4.98 Å². The highest BCUT2D eigenvalue weighted by Crippen LogP contribution is 2.43. The third-order valence-electron chi connectivity index (χ3n) is 4.92. The van der Waals surface area contributed by atoms with Crippen LogP contribution in [0.2, 0.25) is 0 Å². The summed E-state index contributed by atoms with van der Waals surface area (Å²) in [5, 5.41) is 0. The van der Waals surface area contributed by atoms with E-state index in [1.165, 1.54) is 6.07 Å². The van der Waals surface area contributed by atoms with Crippen molar-refractivity contribution >= 4 is 17.1 Å². The molecular formula is C22H19F3N2. The van der Waals surface area contributed by atoms with Crippen LogP contribution in [0.3, 0.4) is 0 Å². The largest absolute Gasteiger partial charge is 0.417 e. The number of fused-ring (bicyclic) bond motifs is 2. The van der Waals surface area contributed by atoms with Crippen LogP contribution < -0.4 is 4.90 Å². The molecule has 2 nitrogen and oxygen atoms in total. The molecule has 0 saturated carbocycles. The Morgan fingerprint density at radius 1 is 0.852 bits per heavy atom. The monoisotopic (exact) mass is 368 g/mol. The number of aryl methyl sites for hydroxylation is 4. The summed E-state index contributed by atoms with van der Waals surface area (Å²) in [4.78, 5) is 6.09. The molecule has 0 bridgehead atoms. The number of anilines is 3. The van der Waals surface area contributed by atoms with E-state index in [0.29, 0.717) is 17.8 Å². The van der Waals surface area contributed by atoms with Crippen molar-refractivity contribution in [1.29, 1.82) is 0 Å². The molecule has 0 radical (unpaired) electrons. The fraction of sp³-hybridized carbons (Fsp3) is 0.227. The Labute approximate surface area is 156 Å². The molecule has 3 aromatic rings. The second-order valence-corrected chi connectivity index (χ2v) is 6.99. The summed E-state index contributed by atoms with van der Waals surface area (Å²) in [5.74, 6) is 0. The van der Waals surface area contributed by atoms with Gasteiger partial charge in [0.15, 0.2) is 0 Å². The Hall–Kier alpha value is -2.82. The van der Waals surface area contributed by atoms with Crippen LogP contribution >= 0.6 is 0 Å². The molecular weight excluding hydrogens is 349 g/mol. The molecule has 0 amide bonds. The topological polar surface area (TPSA) is 16.1 Å². The van der Waals surface area contributed by atoms with Crippen molar-refractivity contribution in [3.8, 4) is 0 Å². The summed E-state index contributed by atoms with van der Waals surface area (Å²) in [6.45, 7) is 3.98. The zero-order valence-electron chi connectivity index (χ0n) is 15.1. The summed E-state index contributed by atoms with van der Waals surface area (Å²) in [7, 11) is 0. The normalized spacial score (nSPS) is 13.7. The van der Waals surface area contributed by atoms with Crippen molar-refractivity contribution in [2.45, 2.75) is 32.9 Å². The predicted molar refractivity (Wildman–Crippen MR) is 101 cm³/mol. The van der Waals surface area contributed by atoms with Crippen molar-refractivity contribution in [1.82, 2.24) is 4.98 Å². The maximum absolute atomic E-state index is 13.3. The highest BCUT2D eigenvalue weighted by Gasteiger charge is 2.33. The van der Waals surface area contributed by atoms with Gasteiger partial charge in [-0.05, 0) is 62.1 Å². The number of pyridine rings is 1. The Morgan fingerprint density at radius 3 is 2.26 bits per heavy atom. The predicted octanol–water partition coefficient (Wildman–Crippen LogP) is 6.29. The van der Waals surface area contributed by atoms with Gasteiger partial charge in [0.2, 0.25) is 0 Å². The van der Waals surface area contributed by atoms with Crippen molar-refractivity contribution in [3.05, 3.63) is 82.7 Å². The summed E-state index contributed by atoms with van der Waals surface area (Å²) in [5.41, 5.74) is 5.46. The molecule has 1 aliphatic heterocycles. The lowest BCUT2D eigenvalue weighted by molar-refractivity contribution is -0.137. The molecule has 2 aromatic carbocycles. The first-order chi connectivity index (χ1) is 12.8. The molecule has 0 fully saturated rings. The van der Waals surface area contributed by atoms with Gasteiger partial charge >= 0.3 is 6.18 Å². The highest BCUT2D eigenvalue weighted by molar-refractivity contribution is 5.81. The van der Waals surface area contributed by atoms with E-state index in [1.807, 2.05) is 55.1 Å². The second-order valence-electron chi connectivity index (χ2n) is 6.99.